The monoisotopic (exact) mass is 331 g/mol. The number of rotatable bonds is 4. The fraction of sp³-hybridized carbons (Fsp3) is 0.294. The van der Waals surface area contributed by atoms with Crippen LogP contribution in [0.1, 0.15) is 35.6 Å². The third-order valence-corrected chi connectivity index (χ3v) is 3.95. The molecule has 3 rings (SSSR count). The molecule has 1 aliphatic rings. The van der Waals surface area contributed by atoms with Crippen LogP contribution < -0.4 is 10.5 Å². The summed E-state index contributed by atoms with van der Waals surface area (Å²) in [5.74, 6) is 0.939. The second kappa shape index (κ2) is 5.58. The first-order valence-electron chi connectivity index (χ1n) is 6.91. The van der Waals surface area contributed by atoms with Crippen LogP contribution in [0.3, 0.4) is 0 Å². The molecule has 0 spiro atoms. The minimum atomic E-state index is -0.110. The Hall–Kier alpha value is -1.32. The third-order valence-electron chi connectivity index (χ3n) is 3.49. The fourth-order valence-corrected chi connectivity index (χ4v) is 2.89. The van der Waals surface area contributed by atoms with Crippen molar-refractivity contribution in [1.82, 2.24) is 0 Å². The first kappa shape index (κ1) is 13.7. The molecular weight excluding hydrogens is 314 g/mol. The van der Waals surface area contributed by atoms with Crippen molar-refractivity contribution in [2.45, 2.75) is 31.9 Å². The van der Waals surface area contributed by atoms with Crippen LogP contribution in [0.4, 0.5) is 0 Å². The van der Waals surface area contributed by atoms with E-state index in [1.165, 1.54) is 18.4 Å². The summed E-state index contributed by atoms with van der Waals surface area (Å²) in [4.78, 5) is 0. The number of halogens is 1. The van der Waals surface area contributed by atoms with E-state index in [1.54, 1.807) is 0 Å². The fourth-order valence-electron chi connectivity index (χ4n) is 2.27. The molecule has 0 amide bonds. The highest BCUT2D eigenvalue weighted by atomic mass is 79.9. The minimum absolute atomic E-state index is 0.110. The predicted octanol–water partition coefficient (Wildman–Crippen LogP) is 4.35. The van der Waals surface area contributed by atoms with E-state index >= 15 is 0 Å². The van der Waals surface area contributed by atoms with E-state index in [2.05, 4.69) is 53.2 Å². The molecule has 2 N–H and O–H groups in total. The number of ether oxygens (including phenoxy) is 1. The Balaban J connectivity index is 1.79. The van der Waals surface area contributed by atoms with Crippen molar-refractivity contribution in [2.75, 3.05) is 0 Å². The van der Waals surface area contributed by atoms with Gasteiger partial charge in [0.1, 0.15) is 5.75 Å². The minimum Gasteiger partial charge on any atom is -0.490 e. The smallest absolute Gasteiger partial charge is 0.119 e. The summed E-state index contributed by atoms with van der Waals surface area (Å²) in [6.45, 7) is 2.08. The van der Waals surface area contributed by atoms with E-state index in [0.717, 1.165) is 21.3 Å². The van der Waals surface area contributed by atoms with Gasteiger partial charge in [0.15, 0.2) is 0 Å². The van der Waals surface area contributed by atoms with E-state index in [1.807, 2.05) is 12.1 Å². The molecule has 2 aromatic rings. The van der Waals surface area contributed by atoms with Crippen LogP contribution in [0.2, 0.25) is 0 Å². The summed E-state index contributed by atoms with van der Waals surface area (Å²) in [6, 6.07) is 14.3. The van der Waals surface area contributed by atoms with Crippen LogP contribution in [0.5, 0.6) is 5.75 Å². The molecule has 0 radical (unpaired) electrons. The first-order chi connectivity index (χ1) is 9.61. The molecular formula is C17H18BrNO. The number of hydrogen-bond acceptors (Lipinski definition) is 2. The lowest BCUT2D eigenvalue weighted by Crippen LogP contribution is -2.12. The molecule has 0 aromatic heterocycles. The quantitative estimate of drug-likeness (QED) is 0.904. The standard InChI is InChI=1S/C17H18BrNO/c1-11-8-13(10-14(18)9-11)17(19)12-2-4-15(5-3-12)20-16-6-7-16/h2-5,8-10,16-17H,6-7,19H2,1H3. The van der Waals surface area contributed by atoms with Gasteiger partial charge in [-0.3, -0.25) is 0 Å². The zero-order valence-corrected chi connectivity index (χ0v) is 13.1. The zero-order chi connectivity index (χ0) is 14.1. The van der Waals surface area contributed by atoms with Crippen molar-refractivity contribution in [3.05, 3.63) is 63.6 Å². The molecule has 2 nitrogen and oxygen atoms in total. The SMILES string of the molecule is Cc1cc(Br)cc(C(N)c2ccc(OC3CC3)cc2)c1. The Kier molecular flexibility index (Phi) is 3.81. The highest BCUT2D eigenvalue weighted by Crippen LogP contribution is 2.29. The molecule has 1 unspecified atom stereocenters. The molecule has 2 aromatic carbocycles. The lowest BCUT2D eigenvalue weighted by molar-refractivity contribution is 0.303. The molecule has 1 saturated carbocycles. The van der Waals surface area contributed by atoms with Gasteiger partial charge in [-0.15, -0.1) is 0 Å². The van der Waals surface area contributed by atoms with Gasteiger partial charge in [0.25, 0.3) is 0 Å². The average Bonchev–Trinajstić information content (AvgIpc) is 3.22. The van der Waals surface area contributed by atoms with Gasteiger partial charge in [-0.1, -0.05) is 34.1 Å². The molecule has 0 saturated heterocycles. The van der Waals surface area contributed by atoms with Crippen molar-refractivity contribution >= 4 is 15.9 Å². The third kappa shape index (κ3) is 3.22. The van der Waals surface area contributed by atoms with Gasteiger partial charge in [0, 0.05) is 4.47 Å². The lowest BCUT2D eigenvalue weighted by Gasteiger charge is -2.14. The van der Waals surface area contributed by atoms with Gasteiger partial charge in [-0.05, 0) is 60.7 Å². The van der Waals surface area contributed by atoms with Crippen molar-refractivity contribution in [3.8, 4) is 5.75 Å². The van der Waals surface area contributed by atoms with Gasteiger partial charge >= 0.3 is 0 Å². The van der Waals surface area contributed by atoms with Crippen LogP contribution in [0.15, 0.2) is 46.9 Å². The Bertz CT molecular complexity index is 585. The van der Waals surface area contributed by atoms with Gasteiger partial charge in [0.2, 0.25) is 0 Å². The maximum atomic E-state index is 6.36. The Labute approximate surface area is 128 Å². The molecule has 20 heavy (non-hydrogen) atoms. The average molecular weight is 332 g/mol. The van der Waals surface area contributed by atoms with Crippen molar-refractivity contribution in [3.63, 3.8) is 0 Å². The number of aryl methyl sites for hydroxylation is 1. The van der Waals surface area contributed by atoms with Gasteiger partial charge in [-0.25, -0.2) is 0 Å². The zero-order valence-electron chi connectivity index (χ0n) is 11.5. The molecule has 104 valence electrons. The number of nitrogens with two attached hydrogens (primary N) is 1. The molecule has 3 heteroatoms. The summed E-state index contributed by atoms with van der Waals surface area (Å²) < 4.78 is 6.82. The maximum absolute atomic E-state index is 6.36. The van der Waals surface area contributed by atoms with Gasteiger partial charge in [0.05, 0.1) is 12.1 Å². The second-order valence-corrected chi connectivity index (χ2v) is 6.34. The Morgan fingerprint density at radius 2 is 1.80 bits per heavy atom. The molecule has 1 aliphatic carbocycles. The van der Waals surface area contributed by atoms with E-state index in [9.17, 15) is 0 Å². The van der Waals surface area contributed by atoms with Crippen molar-refractivity contribution in [2.24, 2.45) is 5.73 Å². The van der Waals surface area contributed by atoms with E-state index < -0.39 is 0 Å². The summed E-state index contributed by atoms with van der Waals surface area (Å²) in [5, 5.41) is 0. The molecule has 1 fully saturated rings. The topological polar surface area (TPSA) is 35.2 Å². The van der Waals surface area contributed by atoms with Crippen LogP contribution in [-0.2, 0) is 0 Å². The van der Waals surface area contributed by atoms with Crippen molar-refractivity contribution < 1.29 is 4.74 Å². The summed E-state index contributed by atoms with van der Waals surface area (Å²) in [7, 11) is 0. The predicted molar refractivity (Wildman–Crippen MR) is 85.0 cm³/mol. The summed E-state index contributed by atoms with van der Waals surface area (Å²) in [5.41, 5.74) is 9.78. The van der Waals surface area contributed by atoms with Crippen LogP contribution in [0, 0.1) is 6.92 Å². The maximum Gasteiger partial charge on any atom is 0.119 e. The number of benzene rings is 2. The lowest BCUT2D eigenvalue weighted by atomic mass is 9.98. The Morgan fingerprint density at radius 3 is 2.40 bits per heavy atom. The highest BCUT2D eigenvalue weighted by molar-refractivity contribution is 9.10. The van der Waals surface area contributed by atoms with E-state index in [4.69, 9.17) is 10.5 Å². The van der Waals surface area contributed by atoms with E-state index in [0.29, 0.717) is 6.10 Å². The molecule has 1 atom stereocenters. The largest absolute Gasteiger partial charge is 0.490 e. The van der Waals surface area contributed by atoms with Crippen LogP contribution >= 0.6 is 15.9 Å². The first-order valence-corrected chi connectivity index (χ1v) is 7.70. The van der Waals surface area contributed by atoms with Crippen LogP contribution in [0.25, 0.3) is 0 Å². The van der Waals surface area contributed by atoms with Crippen molar-refractivity contribution in [1.29, 1.82) is 0 Å². The molecule has 0 bridgehead atoms. The normalized spacial score (nSPS) is 15.9. The summed E-state index contributed by atoms with van der Waals surface area (Å²) >= 11 is 3.52. The van der Waals surface area contributed by atoms with Gasteiger partial charge < -0.3 is 10.5 Å². The number of hydrogen-bond donors (Lipinski definition) is 1. The van der Waals surface area contributed by atoms with Gasteiger partial charge in [-0.2, -0.15) is 0 Å². The second-order valence-electron chi connectivity index (χ2n) is 5.43. The van der Waals surface area contributed by atoms with E-state index in [-0.39, 0.29) is 6.04 Å². The highest BCUT2D eigenvalue weighted by Gasteiger charge is 2.23. The Morgan fingerprint density at radius 1 is 1.10 bits per heavy atom. The summed E-state index contributed by atoms with van der Waals surface area (Å²) in [6.07, 6.45) is 2.79. The molecule has 0 heterocycles. The molecule has 0 aliphatic heterocycles. The van der Waals surface area contributed by atoms with Crippen LogP contribution in [-0.4, -0.2) is 6.10 Å².